The van der Waals surface area contributed by atoms with Crippen LogP contribution >= 0.6 is 11.8 Å². The van der Waals surface area contributed by atoms with Gasteiger partial charge in [-0.05, 0) is 79.5 Å². The standard InChI is InChI=1S/C29H35F3N4S/c1-21(2)24-7-4-5-8-26(24)37-27-10-9-22(19-25(27)29(30,31)32)23-11-13-34-28(20-23)36-17-15-35(16-18-36)14-6-12-33-3/h4-5,7-11,13,19-21,33H,6,12,14-18H2,1-3H3. The molecule has 198 valence electrons. The zero-order valence-corrected chi connectivity index (χ0v) is 22.5. The van der Waals surface area contributed by atoms with Crippen molar-refractivity contribution in [2.24, 2.45) is 0 Å². The second kappa shape index (κ2) is 12.3. The summed E-state index contributed by atoms with van der Waals surface area (Å²) in [6, 6.07) is 16.0. The van der Waals surface area contributed by atoms with Crippen molar-refractivity contribution in [3.8, 4) is 11.1 Å². The average Bonchev–Trinajstić information content (AvgIpc) is 2.89. The van der Waals surface area contributed by atoms with E-state index in [9.17, 15) is 13.2 Å². The number of benzene rings is 2. The smallest absolute Gasteiger partial charge is 0.354 e. The average molecular weight is 529 g/mol. The van der Waals surface area contributed by atoms with Gasteiger partial charge in [-0.3, -0.25) is 4.90 Å². The lowest BCUT2D eigenvalue weighted by atomic mass is 10.0. The van der Waals surface area contributed by atoms with Crippen LogP contribution in [0.25, 0.3) is 11.1 Å². The summed E-state index contributed by atoms with van der Waals surface area (Å²) in [5, 5.41) is 3.18. The predicted molar refractivity (Wildman–Crippen MR) is 147 cm³/mol. The Kier molecular flexibility index (Phi) is 9.16. The number of halogens is 3. The lowest BCUT2D eigenvalue weighted by molar-refractivity contribution is -0.139. The number of nitrogens with one attached hydrogen (secondary N) is 1. The molecule has 0 amide bonds. The van der Waals surface area contributed by atoms with Crippen LogP contribution in [0.5, 0.6) is 0 Å². The number of pyridine rings is 1. The van der Waals surface area contributed by atoms with Crippen LogP contribution in [0.15, 0.2) is 70.6 Å². The van der Waals surface area contributed by atoms with Crippen LogP contribution in [0, 0.1) is 0 Å². The van der Waals surface area contributed by atoms with Crippen LogP contribution in [-0.2, 0) is 6.18 Å². The molecule has 1 aromatic heterocycles. The maximum atomic E-state index is 14.2. The van der Waals surface area contributed by atoms with Gasteiger partial charge in [0.15, 0.2) is 0 Å². The van der Waals surface area contributed by atoms with E-state index in [1.54, 1.807) is 24.4 Å². The van der Waals surface area contributed by atoms with Gasteiger partial charge in [0.1, 0.15) is 5.82 Å². The number of rotatable bonds is 9. The Balaban J connectivity index is 1.55. The molecule has 0 saturated carbocycles. The van der Waals surface area contributed by atoms with E-state index in [0.29, 0.717) is 5.56 Å². The first-order valence-corrected chi connectivity index (χ1v) is 13.6. The molecular weight excluding hydrogens is 493 g/mol. The Morgan fingerprint density at radius 2 is 1.68 bits per heavy atom. The minimum Gasteiger partial charge on any atom is -0.354 e. The molecule has 2 aromatic carbocycles. The number of piperazine rings is 1. The number of alkyl halides is 3. The SMILES string of the molecule is CNCCCN1CCN(c2cc(-c3ccc(Sc4ccccc4C(C)C)c(C(F)(F)F)c3)ccn2)CC1. The van der Waals surface area contributed by atoms with Crippen molar-refractivity contribution in [3.63, 3.8) is 0 Å². The van der Waals surface area contributed by atoms with Crippen LogP contribution < -0.4 is 10.2 Å². The molecule has 1 saturated heterocycles. The minimum absolute atomic E-state index is 0.216. The fourth-order valence-corrected chi connectivity index (χ4v) is 5.87. The van der Waals surface area contributed by atoms with Gasteiger partial charge in [0.2, 0.25) is 0 Å². The number of hydrogen-bond donors (Lipinski definition) is 1. The lowest BCUT2D eigenvalue weighted by Gasteiger charge is -2.35. The Labute approximate surface area is 222 Å². The van der Waals surface area contributed by atoms with E-state index in [2.05, 4.69) is 33.9 Å². The third kappa shape index (κ3) is 7.06. The van der Waals surface area contributed by atoms with Crippen molar-refractivity contribution < 1.29 is 13.2 Å². The molecule has 4 nitrogen and oxygen atoms in total. The predicted octanol–water partition coefficient (Wildman–Crippen LogP) is 6.77. The Hall–Kier alpha value is -2.55. The summed E-state index contributed by atoms with van der Waals surface area (Å²) in [6.07, 6.45) is -1.65. The Morgan fingerprint density at radius 1 is 0.946 bits per heavy atom. The van der Waals surface area contributed by atoms with E-state index in [4.69, 9.17) is 0 Å². The van der Waals surface area contributed by atoms with E-state index in [1.807, 2.05) is 37.4 Å². The van der Waals surface area contributed by atoms with Crippen LogP contribution in [-0.4, -0.2) is 56.2 Å². The number of aromatic nitrogens is 1. The highest BCUT2D eigenvalue weighted by Gasteiger charge is 2.34. The monoisotopic (exact) mass is 528 g/mol. The fourth-order valence-electron chi connectivity index (χ4n) is 4.64. The first kappa shape index (κ1) is 27.5. The maximum absolute atomic E-state index is 14.2. The Bertz CT molecular complexity index is 1170. The minimum atomic E-state index is -4.45. The molecule has 4 rings (SSSR count). The molecule has 1 N–H and O–H groups in total. The molecule has 0 bridgehead atoms. The van der Waals surface area contributed by atoms with Gasteiger partial charge in [0.25, 0.3) is 0 Å². The first-order valence-electron chi connectivity index (χ1n) is 12.8. The summed E-state index contributed by atoms with van der Waals surface area (Å²) in [7, 11) is 1.96. The van der Waals surface area contributed by atoms with E-state index >= 15 is 0 Å². The summed E-state index contributed by atoms with van der Waals surface area (Å²) in [5.41, 5.74) is 1.72. The summed E-state index contributed by atoms with van der Waals surface area (Å²) in [4.78, 5) is 10.3. The van der Waals surface area contributed by atoms with Crippen molar-refractivity contribution in [1.29, 1.82) is 0 Å². The molecule has 0 radical (unpaired) electrons. The molecule has 0 atom stereocenters. The topological polar surface area (TPSA) is 31.4 Å². The molecule has 3 aromatic rings. The van der Waals surface area contributed by atoms with Crippen molar-refractivity contribution in [2.75, 3.05) is 51.2 Å². The number of nitrogens with zero attached hydrogens (tertiary/aromatic N) is 3. The summed E-state index contributed by atoms with van der Waals surface area (Å²) < 4.78 is 42.5. The second-order valence-electron chi connectivity index (χ2n) is 9.69. The molecule has 1 aliphatic heterocycles. The van der Waals surface area contributed by atoms with Crippen molar-refractivity contribution in [3.05, 3.63) is 71.9 Å². The maximum Gasteiger partial charge on any atom is 0.417 e. The molecule has 8 heteroatoms. The molecule has 0 spiro atoms. The number of hydrogen-bond acceptors (Lipinski definition) is 5. The van der Waals surface area contributed by atoms with Gasteiger partial charge in [-0.25, -0.2) is 4.98 Å². The first-order chi connectivity index (χ1) is 17.8. The van der Waals surface area contributed by atoms with Crippen molar-refractivity contribution >= 4 is 17.6 Å². The fraction of sp³-hybridized carbons (Fsp3) is 0.414. The molecule has 2 heterocycles. The highest BCUT2D eigenvalue weighted by molar-refractivity contribution is 7.99. The van der Waals surface area contributed by atoms with Crippen molar-refractivity contribution in [2.45, 2.75) is 42.2 Å². The third-order valence-corrected chi connectivity index (χ3v) is 7.89. The summed E-state index contributed by atoms with van der Waals surface area (Å²) in [6.45, 7) is 9.80. The van der Waals surface area contributed by atoms with Gasteiger partial charge < -0.3 is 10.2 Å². The van der Waals surface area contributed by atoms with Crippen LogP contribution in [0.2, 0.25) is 0 Å². The largest absolute Gasteiger partial charge is 0.417 e. The van der Waals surface area contributed by atoms with Gasteiger partial charge in [-0.15, -0.1) is 0 Å². The van der Waals surface area contributed by atoms with Gasteiger partial charge in [0, 0.05) is 42.2 Å². The highest BCUT2D eigenvalue weighted by Crippen LogP contribution is 2.43. The van der Waals surface area contributed by atoms with Gasteiger partial charge in [-0.2, -0.15) is 13.2 Å². The van der Waals surface area contributed by atoms with Gasteiger partial charge in [0.05, 0.1) is 5.56 Å². The lowest BCUT2D eigenvalue weighted by Crippen LogP contribution is -2.47. The van der Waals surface area contributed by atoms with E-state index in [1.165, 1.54) is 17.8 Å². The van der Waals surface area contributed by atoms with Gasteiger partial charge in [-0.1, -0.05) is 49.9 Å². The van der Waals surface area contributed by atoms with Crippen molar-refractivity contribution in [1.82, 2.24) is 15.2 Å². The van der Waals surface area contributed by atoms with Crippen LogP contribution in [0.1, 0.15) is 37.3 Å². The van der Waals surface area contributed by atoms with Crippen LogP contribution in [0.3, 0.4) is 0 Å². The number of anilines is 1. The van der Waals surface area contributed by atoms with Gasteiger partial charge >= 0.3 is 6.18 Å². The molecule has 0 aliphatic carbocycles. The second-order valence-corrected chi connectivity index (χ2v) is 10.8. The van der Waals surface area contributed by atoms with E-state index in [-0.39, 0.29) is 10.8 Å². The summed E-state index contributed by atoms with van der Waals surface area (Å²) >= 11 is 1.18. The van der Waals surface area contributed by atoms with E-state index in [0.717, 1.165) is 67.5 Å². The Morgan fingerprint density at radius 3 is 2.38 bits per heavy atom. The molecule has 1 aliphatic rings. The molecule has 0 unspecified atom stereocenters. The molecule has 1 fully saturated rings. The zero-order chi connectivity index (χ0) is 26.4. The zero-order valence-electron chi connectivity index (χ0n) is 21.7. The normalized spacial score (nSPS) is 14.9. The highest BCUT2D eigenvalue weighted by atomic mass is 32.2. The quantitative estimate of drug-likeness (QED) is 0.310. The summed E-state index contributed by atoms with van der Waals surface area (Å²) in [5.74, 6) is 1.04. The third-order valence-electron chi connectivity index (χ3n) is 6.72. The molecular formula is C29H35F3N4S. The van der Waals surface area contributed by atoms with Crippen LogP contribution in [0.4, 0.5) is 19.0 Å². The van der Waals surface area contributed by atoms with E-state index < -0.39 is 11.7 Å². The molecule has 37 heavy (non-hydrogen) atoms.